The van der Waals surface area contributed by atoms with E-state index >= 15 is 0 Å². The van der Waals surface area contributed by atoms with Gasteiger partial charge < -0.3 is 43.7 Å². The molecule has 4 heterocycles. The predicted molar refractivity (Wildman–Crippen MR) is 326 cm³/mol. The zero-order valence-corrected chi connectivity index (χ0v) is 50.4. The molecule has 4 aromatic heterocycles. The van der Waals surface area contributed by atoms with Gasteiger partial charge in [0.2, 0.25) is 21.7 Å². The number of hydrogen-bond donors (Lipinski definition) is 4. The van der Waals surface area contributed by atoms with Crippen molar-refractivity contribution in [3.63, 3.8) is 0 Å². The zero-order valence-electron chi connectivity index (χ0n) is 50.4. The Morgan fingerprint density at radius 1 is 0.366 bits per heavy atom. The fraction of sp³-hybridized carbons (Fsp3) is 0.603. The van der Waals surface area contributed by atoms with E-state index in [1.54, 1.807) is 46.0 Å². The van der Waals surface area contributed by atoms with Crippen LogP contribution in [0.5, 0.6) is 0 Å². The average Bonchev–Trinajstić information content (AvgIpc) is 3.58. The normalized spacial score (nSPS) is 11.3. The molecular weight excluding hydrogens is 1040 g/mol. The molecule has 4 amide bonds. The van der Waals surface area contributed by atoms with Crippen molar-refractivity contribution in [1.82, 2.24) is 18.3 Å². The second kappa shape index (κ2) is 35.7. The Hall–Kier alpha value is -7.05. The first-order chi connectivity index (χ1) is 39.3. The number of carbonyl (C=O) groups excluding carboxylic acids is 5. The molecule has 19 nitrogen and oxygen atoms in total. The van der Waals surface area contributed by atoms with Crippen molar-refractivity contribution in [3.05, 3.63) is 113 Å². The Morgan fingerprint density at radius 3 is 0.902 bits per heavy atom. The van der Waals surface area contributed by atoms with Gasteiger partial charge >= 0.3 is 12.1 Å². The molecule has 0 spiro atoms. The Balaban J connectivity index is 1.78. The van der Waals surface area contributed by atoms with E-state index in [0.29, 0.717) is 39.0 Å². The molecule has 82 heavy (non-hydrogen) atoms. The SMILES string of the molecule is CCCCCCCCn1cc(NC(=O)OC(C)(C)C)c(=O)c(C(=O)Nc2cn(CCCCCCCC)cc(C(=O)Nc3cn(CCCCCCCC)cc(C(=O)Nc4cn(CCCCCCCC)cc(C(=O)OCC)c4=O)c3=O)c2=O)c1. The third-order valence-corrected chi connectivity index (χ3v) is 14.0. The number of nitrogens with zero attached hydrogens (tertiary/aromatic N) is 4. The van der Waals surface area contributed by atoms with E-state index in [2.05, 4.69) is 49.0 Å². The van der Waals surface area contributed by atoms with Gasteiger partial charge in [0, 0.05) is 75.8 Å². The molecule has 452 valence electrons. The maximum Gasteiger partial charge on any atom is 0.412 e. The van der Waals surface area contributed by atoms with Crippen LogP contribution in [0.25, 0.3) is 0 Å². The van der Waals surface area contributed by atoms with Crippen LogP contribution in [0.4, 0.5) is 27.5 Å². The number of anilines is 4. The summed E-state index contributed by atoms with van der Waals surface area (Å²) in [6.07, 6.45) is 33.5. The lowest BCUT2D eigenvalue weighted by atomic mass is 10.1. The minimum absolute atomic E-state index is 0.0155. The fourth-order valence-electron chi connectivity index (χ4n) is 9.52. The number of rotatable bonds is 37. The first-order valence-corrected chi connectivity index (χ1v) is 30.4. The summed E-state index contributed by atoms with van der Waals surface area (Å²) in [5.41, 5.74) is -6.94. The van der Waals surface area contributed by atoms with Crippen molar-refractivity contribution in [1.29, 1.82) is 0 Å². The number of pyridine rings is 4. The number of ether oxygens (including phenoxy) is 2. The topological polar surface area (TPSA) is 240 Å². The van der Waals surface area contributed by atoms with Crippen molar-refractivity contribution >= 4 is 52.5 Å². The largest absolute Gasteiger partial charge is 0.462 e. The van der Waals surface area contributed by atoms with Crippen LogP contribution in [0.15, 0.2) is 68.8 Å². The van der Waals surface area contributed by atoms with Gasteiger partial charge in [0.05, 0.1) is 6.61 Å². The minimum atomic E-state index is -1.01. The number of aryl methyl sites for hydroxylation is 4. The van der Waals surface area contributed by atoms with Crippen LogP contribution < -0.4 is 43.0 Å². The third kappa shape index (κ3) is 22.7. The molecule has 4 N–H and O–H groups in total. The monoisotopic (exact) mass is 1140 g/mol. The highest BCUT2D eigenvalue weighted by atomic mass is 16.6. The van der Waals surface area contributed by atoms with Crippen LogP contribution in [0.1, 0.15) is 251 Å². The van der Waals surface area contributed by atoms with Gasteiger partial charge in [-0.2, -0.15) is 0 Å². The number of amides is 4. The number of carbonyl (C=O) groups is 5. The summed E-state index contributed by atoms with van der Waals surface area (Å²) in [6.45, 7) is 16.8. The van der Waals surface area contributed by atoms with E-state index in [9.17, 15) is 43.2 Å². The van der Waals surface area contributed by atoms with Crippen LogP contribution in [-0.4, -0.2) is 60.3 Å². The first-order valence-electron chi connectivity index (χ1n) is 30.4. The van der Waals surface area contributed by atoms with Crippen LogP contribution in [-0.2, 0) is 35.7 Å². The molecule has 0 atom stereocenters. The second-order valence-electron chi connectivity index (χ2n) is 22.4. The molecule has 0 aliphatic heterocycles. The van der Waals surface area contributed by atoms with Crippen molar-refractivity contribution in [3.8, 4) is 0 Å². The molecule has 19 heteroatoms. The summed E-state index contributed by atoms with van der Waals surface area (Å²) in [5, 5.41) is 10.3. The van der Waals surface area contributed by atoms with E-state index in [0.717, 1.165) is 141 Å². The minimum Gasteiger partial charge on any atom is -0.462 e. The van der Waals surface area contributed by atoms with Gasteiger partial charge in [-0.15, -0.1) is 0 Å². The van der Waals surface area contributed by atoms with Gasteiger partial charge in [0.25, 0.3) is 17.7 Å². The highest BCUT2D eigenvalue weighted by Crippen LogP contribution is 2.18. The second-order valence-corrected chi connectivity index (χ2v) is 22.4. The summed E-state index contributed by atoms with van der Waals surface area (Å²) in [7, 11) is 0. The molecule has 0 unspecified atom stereocenters. The smallest absolute Gasteiger partial charge is 0.412 e. The Labute approximate surface area is 484 Å². The van der Waals surface area contributed by atoms with Gasteiger partial charge in [-0.05, 0) is 53.4 Å². The summed E-state index contributed by atoms with van der Waals surface area (Å²) in [5.74, 6) is -3.80. The van der Waals surface area contributed by atoms with Gasteiger partial charge in [0.15, 0.2) is 0 Å². The Morgan fingerprint density at radius 2 is 0.622 bits per heavy atom. The molecule has 0 saturated carbocycles. The molecule has 0 aromatic carbocycles. The van der Waals surface area contributed by atoms with Crippen LogP contribution >= 0.6 is 0 Å². The number of nitrogens with one attached hydrogen (secondary N) is 4. The molecule has 0 bridgehead atoms. The summed E-state index contributed by atoms with van der Waals surface area (Å²) in [4.78, 5) is 126. The van der Waals surface area contributed by atoms with E-state index in [4.69, 9.17) is 9.47 Å². The van der Waals surface area contributed by atoms with E-state index in [1.807, 2.05) is 0 Å². The number of aromatic nitrogens is 4. The maximum absolute atomic E-state index is 14.6. The van der Waals surface area contributed by atoms with Crippen LogP contribution in [0.3, 0.4) is 0 Å². The highest BCUT2D eigenvalue weighted by Gasteiger charge is 2.25. The van der Waals surface area contributed by atoms with Crippen LogP contribution in [0, 0.1) is 0 Å². The molecular formula is C63H94N8O11. The van der Waals surface area contributed by atoms with E-state index in [1.165, 1.54) is 49.6 Å². The lowest BCUT2D eigenvalue weighted by Gasteiger charge is -2.20. The van der Waals surface area contributed by atoms with Crippen molar-refractivity contribution in [2.45, 2.75) is 241 Å². The standard InChI is InChI=1S/C63H94N8O11/c1-9-14-18-22-26-30-34-68-38-46(54(72)51(43-68)65-60(78)48-40-70(36-32-28-24-20-16-11-3)45-53(56(48)74)67-62(80)82-63(6,7)8)58(76)64-50-42-69(35-31-27-23-19-15-10-2)39-47(55(50)73)59(77)66-52-44-71(37-33-29-25-21-17-12-4)41-49(57(52)75)61(79)81-13-5/h38-45H,9-37H2,1-8H3,(H,64,76)(H,65,78)(H,66,77)(H,67,80). The van der Waals surface area contributed by atoms with Crippen molar-refractivity contribution in [2.24, 2.45) is 0 Å². The third-order valence-electron chi connectivity index (χ3n) is 14.0. The molecule has 4 rings (SSSR count). The van der Waals surface area contributed by atoms with Crippen molar-refractivity contribution < 1.29 is 33.4 Å². The van der Waals surface area contributed by atoms with Gasteiger partial charge in [-0.1, -0.05) is 156 Å². The van der Waals surface area contributed by atoms with Gasteiger partial charge in [-0.25, -0.2) is 9.59 Å². The summed E-state index contributed by atoms with van der Waals surface area (Å²) in [6, 6.07) is 0. The summed E-state index contributed by atoms with van der Waals surface area (Å²) >= 11 is 0. The molecule has 0 aliphatic rings. The maximum atomic E-state index is 14.6. The quantitative estimate of drug-likeness (QED) is 0.0245. The Kier molecular flexibility index (Phi) is 29.4. The number of hydrogen-bond acceptors (Lipinski definition) is 11. The highest BCUT2D eigenvalue weighted by molar-refractivity contribution is 6.09. The van der Waals surface area contributed by atoms with E-state index < -0.39 is 68.2 Å². The lowest BCUT2D eigenvalue weighted by Crippen LogP contribution is -2.33. The zero-order chi connectivity index (χ0) is 60.0. The molecule has 0 fully saturated rings. The first kappa shape index (κ1) is 67.5. The molecule has 4 aromatic rings. The summed E-state index contributed by atoms with van der Waals surface area (Å²) < 4.78 is 17.1. The van der Waals surface area contributed by atoms with E-state index in [-0.39, 0.29) is 40.5 Å². The lowest BCUT2D eigenvalue weighted by molar-refractivity contribution is 0.0522. The molecule has 0 aliphatic carbocycles. The Bertz CT molecular complexity index is 2960. The predicted octanol–water partition coefficient (Wildman–Crippen LogP) is 13.1. The van der Waals surface area contributed by atoms with Gasteiger partial charge in [0.1, 0.15) is 50.6 Å². The fourth-order valence-corrected chi connectivity index (χ4v) is 9.52. The van der Waals surface area contributed by atoms with Crippen molar-refractivity contribution in [2.75, 3.05) is 27.9 Å². The number of esters is 1. The molecule has 0 radical (unpaired) electrons. The van der Waals surface area contributed by atoms with Crippen LogP contribution in [0.2, 0.25) is 0 Å². The molecule has 0 saturated heterocycles. The number of unbranched alkanes of at least 4 members (excludes halogenated alkanes) is 20. The van der Waals surface area contributed by atoms with Gasteiger partial charge in [-0.3, -0.25) is 38.9 Å². The average molecular weight is 1140 g/mol.